The predicted molar refractivity (Wildman–Crippen MR) is 129 cm³/mol. The molecule has 0 radical (unpaired) electrons. The Hall–Kier alpha value is -3.85. The third kappa shape index (κ3) is 2.64. The maximum absolute atomic E-state index is 4.86. The molecule has 3 aliphatic rings. The summed E-state index contributed by atoms with van der Waals surface area (Å²) in [5.41, 5.74) is 11.0. The van der Waals surface area contributed by atoms with Crippen molar-refractivity contribution in [3.63, 3.8) is 0 Å². The topological polar surface area (TPSA) is 37.6 Å². The Labute approximate surface area is 187 Å². The van der Waals surface area contributed by atoms with E-state index in [1.165, 1.54) is 33.5 Å². The first-order chi connectivity index (χ1) is 15.9. The van der Waals surface area contributed by atoms with Crippen LogP contribution >= 0.6 is 0 Å². The van der Waals surface area contributed by atoms with E-state index in [9.17, 15) is 0 Å². The van der Waals surface area contributed by atoms with Crippen molar-refractivity contribution in [1.82, 2.24) is 4.98 Å². The summed E-state index contributed by atoms with van der Waals surface area (Å²) in [5, 5.41) is 9.62. The van der Waals surface area contributed by atoms with Gasteiger partial charge in [-0.1, -0.05) is 72.8 Å². The van der Waals surface area contributed by atoms with Gasteiger partial charge in [0.1, 0.15) is 0 Å². The van der Waals surface area contributed by atoms with Crippen molar-refractivity contribution in [3.05, 3.63) is 114 Å². The summed E-state index contributed by atoms with van der Waals surface area (Å²) in [7, 11) is 0. The van der Waals surface area contributed by atoms with E-state index in [-0.39, 0.29) is 5.92 Å². The molecule has 7 rings (SSSR count). The summed E-state index contributed by atoms with van der Waals surface area (Å²) in [5.74, 6) is 1.17. The summed E-state index contributed by atoms with van der Waals surface area (Å²) < 4.78 is 0. The van der Waals surface area contributed by atoms with Crippen molar-refractivity contribution < 1.29 is 0 Å². The molecular formula is C29H21N3. The molecule has 0 bridgehead atoms. The third-order valence-electron chi connectivity index (χ3n) is 7.05. The quantitative estimate of drug-likeness (QED) is 0.387. The van der Waals surface area contributed by atoms with Gasteiger partial charge in [-0.3, -0.25) is 4.98 Å². The molecule has 1 aromatic heterocycles. The van der Waals surface area contributed by atoms with Gasteiger partial charge in [0.15, 0.2) is 0 Å². The van der Waals surface area contributed by atoms with Crippen LogP contribution in [0.1, 0.15) is 29.0 Å². The van der Waals surface area contributed by atoms with Crippen molar-refractivity contribution in [3.8, 4) is 22.4 Å². The molecule has 152 valence electrons. The second-order valence-corrected chi connectivity index (χ2v) is 8.86. The highest BCUT2D eigenvalue weighted by atomic mass is 15.2. The fourth-order valence-electron chi connectivity index (χ4n) is 5.45. The summed E-state index contributed by atoms with van der Waals surface area (Å²) in [6, 6.07) is 32.1. The van der Waals surface area contributed by atoms with Crippen molar-refractivity contribution in [2.45, 2.75) is 12.3 Å². The smallest absolute Gasteiger partial charge is 0.0740 e. The molecule has 3 heteroatoms. The molecule has 0 spiro atoms. The SMILES string of the molecule is c1ccc(C2=NN=C(C3c4ccccc4-c4cc(-c5ccccn5)ccc43)C3CC23)cc1. The van der Waals surface area contributed by atoms with E-state index in [1.807, 2.05) is 18.3 Å². The summed E-state index contributed by atoms with van der Waals surface area (Å²) in [6.07, 6.45) is 3.00. The Balaban J connectivity index is 1.35. The molecule has 4 aromatic rings. The van der Waals surface area contributed by atoms with Gasteiger partial charge in [-0.25, -0.2) is 0 Å². The first kappa shape index (κ1) is 17.8. The normalized spacial score (nSPS) is 22.3. The van der Waals surface area contributed by atoms with E-state index in [4.69, 9.17) is 10.2 Å². The number of fused-ring (bicyclic) bond motifs is 4. The molecule has 1 aliphatic heterocycles. The highest BCUT2D eigenvalue weighted by Gasteiger charge is 2.51. The largest absolute Gasteiger partial charge is 0.256 e. The second kappa shape index (κ2) is 6.83. The minimum atomic E-state index is 0.190. The maximum Gasteiger partial charge on any atom is 0.0740 e. The Bertz CT molecular complexity index is 1400. The van der Waals surface area contributed by atoms with Gasteiger partial charge in [0.2, 0.25) is 0 Å². The van der Waals surface area contributed by atoms with Gasteiger partial charge >= 0.3 is 0 Å². The van der Waals surface area contributed by atoms with Crippen LogP contribution in [0, 0.1) is 11.8 Å². The predicted octanol–water partition coefficient (Wildman–Crippen LogP) is 6.36. The molecular weight excluding hydrogens is 390 g/mol. The number of aromatic nitrogens is 1. The molecule has 0 N–H and O–H groups in total. The van der Waals surface area contributed by atoms with Crippen LogP contribution in [0.3, 0.4) is 0 Å². The van der Waals surface area contributed by atoms with E-state index in [1.54, 1.807) is 0 Å². The fourth-order valence-corrected chi connectivity index (χ4v) is 5.45. The van der Waals surface area contributed by atoms with Crippen LogP contribution in [0.2, 0.25) is 0 Å². The molecule has 3 aromatic carbocycles. The van der Waals surface area contributed by atoms with Crippen molar-refractivity contribution in [1.29, 1.82) is 0 Å². The molecule has 3 nitrogen and oxygen atoms in total. The molecule has 3 atom stereocenters. The number of nitrogens with zero attached hydrogens (tertiary/aromatic N) is 3. The van der Waals surface area contributed by atoms with E-state index in [0.717, 1.165) is 23.4 Å². The van der Waals surface area contributed by atoms with Gasteiger partial charge in [-0.2, -0.15) is 10.2 Å². The average Bonchev–Trinajstić information content (AvgIpc) is 3.61. The van der Waals surface area contributed by atoms with Crippen molar-refractivity contribution >= 4 is 11.4 Å². The standard InChI is InChI=1S/C29H21N3/c1-2-8-18(9-3-1)28-24-17-25(24)29(32-31-28)27-21-11-5-4-10-20(21)23-16-19(13-14-22(23)27)26-12-6-7-15-30-26/h1-16,24-25,27H,17H2. The zero-order valence-electron chi connectivity index (χ0n) is 17.5. The van der Waals surface area contributed by atoms with E-state index < -0.39 is 0 Å². The van der Waals surface area contributed by atoms with Crippen LogP contribution in [-0.4, -0.2) is 16.4 Å². The Morgan fingerprint density at radius 3 is 2.31 bits per heavy atom. The van der Waals surface area contributed by atoms with Crippen molar-refractivity contribution in [2.75, 3.05) is 0 Å². The van der Waals surface area contributed by atoms with Gasteiger partial charge in [0.05, 0.1) is 23.0 Å². The minimum absolute atomic E-state index is 0.190. The Morgan fingerprint density at radius 1 is 0.625 bits per heavy atom. The zero-order valence-corrected chi connectivity index (χ0v) is 17.5. The number of benzene rings is 3. The second-order valence-electron chi connectivity index (χ2n) is 8.86. The maximum atomic E-state index is 4.86. The van der Waals surface area contributed by atoms with Crippen LogP contribution < -0.4 is 0 Å². The minimum Gasteiger partial charge on any atom is -0.256 e. The van der Waals surface area contributed by atoms with Gasteiger partial charge in [-0.15, -0.1) is 0 Å². The van der Waals surface area contributed by atoms with Crippen LogP contribution in [-0.2, 0) is 0 Å². The van der Waals surface area contributed by atoms with Crippen LogP contribution in [0.15, 0.2) is 107 Å². The van der Waals surface area contributed by atoms with Gasteiger partial charge in [0, 0.05) is 23.6 Å². The molecule has 3 unspecified atom stereocenters. The van der Waals surface area contributed by atoms with Gasteiger partial charge < -0.3 is 0 Å². The van der Waals surface area contributed by atoms with Crippen LogP contribution in [0.4, 0.5) is 0 Å². The zero-order chi connectivity index (χ0) is 21.1. The lowest BCUT2D eigenvalue weighted by Gasteiger charge is -2.19. The van der Waals surface area contributed by atoms with Crippen LogP contribution in [0.25, 0.3) is 22.4 Å². The monoisotopic (exact) mass is 411 g/mol. The molecule has 1 saturated carbocycles. The fraction of sp³-hybridized carbons (Fsp3) is 0.138. The number of hydrogen-bond donors (Lipinski definition) is 0. The van der Waals surface area contributed by atoms with E-state index in [0.29, 0.717) is 11.8 Å². The lowest BCUT2D eigenvalue weighted by Crippen LogP contribution is -2.20. The third-order valence-corrected chi connectivity index (χ3v) is 7.05. The first-order valence-electron chi connectivity index (χ1n) is 11.2. The summed E-state index contributed by atoms with van der Waals surface area (Å²) in [4.78, 5) is 4.55. The van der Waals surface area contributed by atoms with Crippen LogP contribution in [0.5, 0.6) is 0 Å². The van der Waals surface area contributed by atoms with Gasteiger partial charge in [-0.05, 0) is 52.4 Å². The summed E-state index contributed by atoms with van der Waals surface area (Å²) in [6.45, 7) is 0. The lowest BCUT2D eigenvalue weighted by molar-refractivity contribution is 0.930. The van der Waals surface area contributed by atoms with E-state index >= 15 is 0 Å². The van der Waals surface area contributed by atoms with Crippen molar-refractivity contribution in [2.24, 2.45) is 22.0 Å². The molecule has 2 heterocycles. The average molecular weight is 412 g/mol. The number of rotatable bonds is 3. The molecule has 0 amide bonds. The lowest BCUT2D eigenvalue weighted by atomic mass is 9.87. The Kier molecular flexibility index (Phi) is 3.80. The highest BCUT2D eigenvalue weighted by Crippen LogP contribution is 2.54. The molecule has 1 fully saturated rings. The first-order valence-corrected chi connectivity index (χ1v) is 11.2. The van der Waals surface area contributed by atoms with Gasteiger partial charge in [0.25, 0.3) is 0 Å². The van der Waals surface area contributed by atoms with E-state index in [2.05, 4.69) is 83.8 Å². The molecule has 2 aliphatic carbocycles. The number of pyridine rings is 1. The molecule has 32 heavy (non-hydrogen) atoms. The number of hydrogen-bond acceptors (Lipinski definition) is 3. The summed E-state index contributed by atoms with van der Waals surface area (Å²) >= 11 is 0. The molecule has 0 saturated heterocycles. The highest BCUT2D eigenvalue weighted by molar-refractivity contribution is 6.13. The Morgan fingerprint density at radius 2 is 1.44 bits per heavy atom.